The second kappa shape index (κ2) is 11.3. The predicted octanol–water partition coefficient (Wildman–Crippen LogP) is 2.94. The molecule has 34 heavy (non-hydrogen) atoms. The average molecular weight is 471 g/mol. The Hall–Kier alpha value is -2.41. The fourth-order valence-electron chi connectivity index (χ4n) is 5.62. The molecular formula is C27H42N4O3. The fourth-order valence-corrected chi connectivity index (χ4v) is 5.62. The minimum absolute atomic E-state index is 0.00720. The van der Waals surface area contributed by atoms with Gasteiger partial charge < -0.3 is 16.4 Å². The van der Waals surface area contributed by atoms with Crippen LogP contribution in [0.2, 0.25) is 0 Å². The Kier molecular flexibility index (Phi) is 8.74. The van der Waals surface area contributed by atoms with Crippen LogP contribution in [0.1, 0.15) is 71.4 Å². The van der Waals surface area contributed by atoms with Gasteiger partial charge in [-0.2, -0.15) is 0 Å². The molecule has 0 fully saturated rings. The van der Waals surface area contributed by atoms with Crippen LogP contribution in [0.3, 0.4) is 0 Å². The van der Waals surface area contributed by atoms with Gasteiger partial charge in [-0.1, -0.05) is 45.4 Å². The van der Waals surface area contributed by atoms with Gasteiger partial charge in [-0.3, -0.25) is 19.3 Å². The number of nitrogens with two attached hydrogens (primary N) is 1. The molecule has 2 heterocycles. The Morgan fingerprint density at radius 2 is 1.88 bits per heavy atom. The minimum Gasteiger partial charge on any atom is -0.369 e. The molecule has 1 aromatic carbocycles. The third-order valence-electron chi connectivity index (χ3n) is 7.08. The van der Waals surface area contributed by atoms with E-state index in [2.05, 4.69) is 37.5 Å². The van der Waals surface area contributed by atoms with E-state index < -0.39 is 12.1 Å². The highest BCUT2D eigenvalue weighted by Gasteiger charge is 2.43. The van der Waals surface area contributed by atoms with Crippen LogP contribution in [0.15, 0.2) is 18.2 Å². The number of para-hydroxylation sites is 1. The van der Waals surface area contributed by atoms with Gasteiger partial charge >= 0.3 is 0 Å². The number of carbonyl (C=O) groups excluding carboxylic acids is 3. The Morgan fingerprint density at radius 1 is 1.18 bits per heavy atom. The third kappa shape index (κ3) is 5.80. The van der Waals surface area contributed by atoms with E-state index in [1.807, 2.05) is 26.0 Å². The molecule has 7 nitrogen and oxygen atoms in total. The van der Waals surface area contributed by atoms with Crippen LogP contribution in [0.4, 0.5) is 5.69 Å². The van der Waals surface area contributed by atoms with Crippen molar-refractivity contribution in [1.29, 1.82) is 0 Å². The number of anilines is 1. The van der Waals surface area contributed by atoms with Gasteiger partial charge in [0, 0.05) is 18.4 Å². The third-order valence-corrected chi connectivity index (χ3v) is 7.08. The van der Waals surface area contributed by atoms with Crippen molar-refractivity contribution in [2.24, 2.45) is 23.5 Å². The number of aryl methyl sites for hydroxylation is 1. The van der Waals surface area contributed by atoms with E-state index in [4.69, 9.17) is 5.73 Å². The SMILES string of the molecule is CCC[C@H](C(N)=O)[C@H](CN[C@H]1CCc2cccc3c2N(C1=O)[C@H](C(=O)NC(C)C)C3)CC(C)C. The maximum absolute atomic E-state index is 13.8. The lowest BCUT2D eigenvalue weighted by molar-refractivity contribution is -0.127. The minimum atomic E-state index is -0.529. The van der Waals surface area contributed by atoms with Gasteiger partial charge in [0.1, 0.15) is 6.04 Å². The number of nitrogens with zero attached hydrogens (tertiary/aromatic N) is 1. The standard InChI is InChI=1S/C27H42N4O3/c1-6-8-21(25(28)32)20(13-16(2)3)15-29-22-12-11-18-9-7-10-19-14-23(26(33)30-17(4)5)31(24(18)19)27(22)34/h7,9-10,16-17,20-23,29H,6,8,11-15H2,1-5H3,(H2,28,32)(H,30,33)/t20-,21-,22-,23-/m0/s1. The number of rotatable bonds is 11. The lowest BCUT2D eigenvalue weighted by Gasteiger charge is -2.31. The zero-order chi connectivity index (χ0) is 25.0. The molecule has 2 aliphatic heterocycles. The number of nitrogens with one attached hydrogen (secondary N) is 2. The molecule has 0 radical (unpaired) electrons. The number of benzene rings is 1. The summed E-state index contributed by atoms with van der Waals surface area (Å²) in [5.41, 5.74) is 8.87. The summed E-state index contributed by atoms with van der Waals surface area (Å²) in [6.45, 7) is 10.8. The van der Waals surface area contributed by atoms with Crippen molar-refractivity contribution in [2.75, 3.05) is 11.4 Å². The highest BCUT2D eigenvalue weighted by atomic mass is 16.2. The molecule has 0 aromatic heterocycles. The predicted molar refractivity (Wildman–Crippen MR) is 135 cm³/mol. The Balaban J connectivity index is 1.83. The van der Waals surface area contributed by atoms with Crippen LogP contribution in [-0.4, -0.2) is 42.4 Å². The zero-order valence-electron chi connectivity index (χ0n) is 21.4. The molecule has 188 valence electrons. The van der Waals surface area contributed by atoms with E-state index in [1.54, 1.807) is 4.90 Å². The molecule has 0 bridgehead atoms. The van der Waals surface area contributed by atoms with Crippen molar-refractivity contribution in [2.45, 2.75) is 91.3 Å². The second-order valence-electron chi connectivity index (χ2n) is 10.7. The molecule has 2 aliphatic rings. The van der Waals surface area contributed by atoms with Crippen molar-refractivity contribution in [3.05, 3.63) is 29.3 Å². The summed E-state index contributed by atoms with van der Waals surface area (Å²) < 4.78 is 0. The van der Waals surface area contributed by atoms with Gasteiger partial charge in [-0.25, -0.2) is 0 Å². The van der Waals surface area contributed by atoms with Crippen LogP contribution in [0, 0.1) is 17.8 Å². The van der Waals surface area contributed by atoms with Gasteiger partial charge in [-0.05, 0) is 69.0 Å². The zero-order valence-corrected chi connectivity index (χ0v) is 21.4. The van der Waals surface area contributed by atoms with Gasteiger partial charge in [0.15, 0.2) is 0 Å². The second-order valence-corrected chi connectivity index (χ2v) is 10.7. The molecule has 0 aliphatic carbocycles. The van der Waals surface area contributed by atoms with Crippen LogP contribution < -0.4 is 21.3 Å². The molecule has 0 saturated carbocycles. The maximum Gasteiger partial charge on any atom is 0.244 e. The summed E-state index contributed by atoms with van der Waals surface area (Å²) in [7, 11) is 0. The lowest BCUT2D eigenvalue weighted by atomic mass is 9.82. The molecule has 4 atom stereocenters. The van der Waals surface area contributed by atoms with Crippen LogP contribution in [-0.2, 0) is 27.2 Å². The van der Waals surface area contributed by atoms with Gasteiger partial charge in [0.05, 0.1) is 11.7 Å². The smallest absolute Gasteiger partial charge is 0.244 e. The molecule has 3 amide bonds. The molecule has 3 rings (SSSR count). The molecule has 1 aromatic rings. The molecule has 0 saturated heterocycles. The monoisotopic (exact) mass is 470 g/mol. The number of carbonyl (C=O) groups is 3. The first-order chi connectivity index (χ1) is 16.1. The molecule has 7 heteroatoms. The van der Waals surface area contributed by atoms with Crippen LogP contribution in [0.25, 0.3) is 0 Å². The Labute approximate surface area is 204 Å². The van der Waals surface area contributed by atoms with Gasteiger partial charge in [-0.15, -0.1) is 0 Å². The van der Waals surface area contributed by atoms with Crippen molar-refractivity contribution in [1.82, 2.24) is 10.6 Å². The highest BCUT2D eigenvalue weighted by molar-refractivity contribution is 6.07. The first-order valence-electron chi connectivity index (χ1n) is 12.9. The molecule has 0 unspecified atom stereocenters. The topological polar surface area (TPSA) is 105 Å². The van der Waals surface area contributed by atoms with Crippen molar-refractivity contribution >= 4 is 23.4 Å². The van der Waals surface area contributed by atoms with Gasteiger partial charge in [0.2, 0.25) is 17.7 Å². The first kappa shape index (κ1) is 26.2. The summed E-state index contributed by atoms with van der Waals surface area (Å²) in [5, 5.41) is 6.49. The number of primary amides is 1. The van der Waals surface area contributed by atoms with E-state index in [0.29, 0.717) is 25.3 Å². The highest BCUT2D eigenvalue weighted by Crippen LogP contribution is 2.39. The van der Waals surface area contributed by atoms with Crippen molar-refractivity contribution < 1.29 is 14.4 Å². The van der Waals surface area contributed by atoms with E-state index >= 15 is 0 Å². The fraction of sp³-hybridized carbons (Fsp3) is 0.667. The van der Waals surface area contributed by atoms with E-state index in [1.165, 1.54) is 0 Å². The van der Waals surface area contributed by atoms with E-state index in [0.717, 1.165) is 42.5 Å². The Morgan fingerprint density at radius 3 is 2.50 bits per heavy atom. The van der Waals surface area contributed by atoms with Gasteiger partial charge in [0.25, 0.3) is 0 Å². The number of hydrogen-bond acceptors (Lipinski definition) is 4. The normalized spacial score (nSPS) is 21.4. The number of amides is 3. The quantitative estimate of drug-likeness (QED) is 0.462. The largest absolute Gasteiger partial charge is 0.369 e. The lowest BCUT2D eigenvalue weighted by Crippen LogP contribution is -2.55. The molecular weight excluding hydrogens is 428 g/mol. The van der Waals surface area contributed by atoms with Crippen molar-refractivity contribution in [3.63, 3.8) is 0 Å². The molecule has 4 N–H and O–H groups in total. The Bertz CT molecular complexity index is 898. The summed E-state index contributed by atoms with van der Waals surface area (Å²) in [5.74, 6) is -0.137. The average Bonchev–Trinajstić information content (AvgIpc) is 3.09. The summed E-state index contributed by atoms with van der Waals surface area (Å²) in [4.78, 5) is 40.8. The summed E-state index contributed by atoms with van der Waals surface area (Å²) in [6, 6.07) is 5.18. The van der Waals surface area contributed by atoms with Crippen molar-refractivity contribution in [3.8, 4) is 0 Å². The summed E-state index contributed by atoms with van der Waals surface area (Å²) in [6.07, 6.45) is 4.48. The summed E-state index contributed by atoms with van der Waals surface area (Å²) >= 11 is 0. The van der Waals surface area contributed by atoms with E-state index in [9.17, 15) is 14.4 Å². The first-order valence-corrected chi connectivity index (χ1v) is 12.9. The van der Waals surface area contributed by atoms with Crippen LogP contribution >= 0.6 is 0 Å². The number of hydrogen-bond donors (Lipinski definition) is 3. The maximum atomic E-state index is 13.8. The van der Waals surface area contributed by atoms with Crippen LogP contribution in [0.5, 0.6) is 0 Å². The molecule has 0 spiro atoms. The van der Waals surface area contributed by atoms with E-state index in [-0.39, 0.29) is 35.6 Å².